The van der Waals surface area contributed by atoms with E-state index in [9.17, 15) is 9.59 Å². The van der Waals surface area contributed by atoms with Crippen LogP contribution in [-0.2, 0) is 4.74 Å². The SMILES string of the molecule is COc1ccc(C(=O)NC(c2ccc(Cl)cc2)C(NC(=O)OC(C)(C)C)c2ccc(Cl)cc2)c(C(C)C)c1. The summed E-state index contributed by atoms with van der Waals surface area (Å²) < 4.78 is 10.9. The lowest BCUT2D eigenvalue weighted by molar-refractivity contribution is 0.0487. The molecule has 2 amide bonds. The Morgan fingerprint density at radius 2 is 1.29 bits per heavy atom. The fraction of sp³-hybridized carbons (Fsp3) is 0.333. The van der Waals surface area contributed by atoms with Gasteiger partial charge in [0.25, 0.3) is 5.91 Å². The molecule has 202 valence electrons. The molecule has 6 nitrogen and oxygen atoms in total. The quantitative estimate of drug-likeness (QED) is 0.296. The lowest BCUT2D eigenvalue weighted by atomic mass is 9.91. The summed E-state index contributed by atoms with van der Waals surface area (Å²) in [4.78, 5) is 26.7. The fourth-order valence-corrected chi connectivity index (χ4v) is 4.32. The Morgan fingerprint density at radius 1 is 0.789 bits per heavy atom. The highest BCUT2D eigenvalue weighted by Crippen LogP contribution is 2.33. The molecule has 2 unspecified atom stereocenters. The van der Waals surface area contributed by atoms with E-state index in [0.29, 0.717) is 21.4 Å². The minimum absolute atomic E-state index is 0.0757. The zero-order chi connectivity index (χ0) is 28.0. The molecule has 0 bridgehead atoms. The summed E-state index contributed by atoms with van der Waals surface area (Å²) in [5, 5.41) is 7.23. The highest BCUT2D eigenvalue weighted by Gasteiger charge is 2.31. The molecule has 0 aromatic heterocycles. The number of ether oxygens (including phenoxy) is 2. The van der Waals surface area contributed by atoms with Crippen molar-refractivity contribution in [1.29, 1.82) is 0 Å². The zero-order valence-electron chi connectivity index (χ0n) is 22.5. The van der Waals surface area contributed by atoms with Gasteiger partial charge in [0.05, 0.1) is 19.2 Å². The number of amides is 2. The maximum Gasteiger partial charge on any atom is 0.408 e. The highest BCUT2D eigenvalue weighted by atomic mass is 35.5. The first-order chi connectivity index (χ1) is 17.9. The number of hydrogen-bond acceptors (Lipinski definition) is 4. The van der Waals surface area contributed by atoms with E-state index in [1.807, 2.05) is 44.2 Å². The monoisotopic (exact) mass is 556 g/mol. The number of alkyl carbamates (subject to hydrolysis) is 1. The first kappa shape index (κ1) is 29.3. The van der Waals surface area contributed by atoms with Crippen molar-refractivity contribution in [3.8, 4) is 5.75 Å². The Morgan fingerprint density at radius 3 is 1.74 bits per heavy atom. The number of nitrogens with one attached hydrogen (secondary N) is 2. The standard InChI is InChI=1S/C30H34Cl2N2O4/c1-18(2)25-17-23(37-6)15-16-24(25)28(35)33-26(19-7-11-21(31)12-8-19)27(20-9-13-22(32)14-10-20)34-29(36)38-30(3,4)5/h7-18,26-27H,1-6H3,(H,33,35)(H,34,36). The van der Waals surface area contributed by atoms with E-state index in [2.05, 4.69) is 10.6 Å². The average Bonchev–Trinajstić information content (AvgIpc) is 2.85. The van der Waals surface area contributed by atoms with Crippen molar-refractivity contribution in [2.45, 2.75) is 58.2 Å². The number of rotatable bonds is 8. The molecule has 38 heavy (non-hydrogen) atoms. The van der Waals surface area contributed by atoms with Crippen LogP contribution in [0.25, 0.3) is 0 Å². The molecule has 0 saturated heterocycles. The van der Waals surface area contributed by atoms with Crippen LogP contribution in [0.3, 0.4) is 0 Å². The summed E-state index contributed by atoms with van der Waals surface area (Å²) in [7, 11) is 1.59. The van der Waals surface area contributed by atoms with Crippen LogP contribution in [0.4, 0.5) is 4.79 Å². The average molecular weight is 558 g/mol. The molecule has 3 aromatic rings. The number of benzene rings is 3. The molecule has 0 aliphatic carbocycles. The van der Waals surface area contributed by atoms with Gasteiger partial charge in [-0.2, -0.15) is 0 Å². The predicted octanol–water partition coefficient (Wildman–Crippen LogP) is 7.86. The van der Waals surface area contributed by atoms with Gasteiger partial charge < -0.3 is 20.1 Å². The van der Waals surface area contributed by atoms with Crippen molar-refractivity contribution in [3.63, 3.8) is 0 Å². The largest absolute Gasteiger partial charge is 0.497 e. The van der Waals surface area contributed by atoms with E-state index in [4.69, 9.17) is 32.7 Å². The van der Waals surface area contributed by atoms with Crippen LogP contribution in [-0.4, -0.2) is 24.7 Å². The summed E-state index contributed by atoms with van der Waals surface area (Å²) in [5.74, 6) is 0.457. The van der Waals surface area contributed by atoms with Crippen molar-refractivity contribution >= 4 is 35.2 Å². The van der Waals surface area contributed by atoms with Crippen molar-refractivity contribution in [3.05, 3.63) is 99.0 Å². The maximum atomic E-state index is 13.8. The van der Waals surface area contributed by atoms with E-state index < -0.39 is 23.8 Å². The van der Waals surface area contributed by atoms with Crippen LogP contribution in [0.5, 0.6) is 5.75 Å². The summed E-state index contributed by atoms with van der Waals surface area (Å²) in [6.45, 7) is 9.41. The second kappa shape index (κ2) is 12.5. The van der Waals surface area contributed by atoms with Crippen LogP contribution in [0.2, 0.25) is 10.0 Å². The van der Waals surface area contributed by atoms with Gasteiger partial charge in [-0.15, -0.1) is 0 Å². The van der Waals surface area contributed by atoms with Crippen LogP contribution < -0.4 is 15.4 Å². The number of halogens is 2. The molecule has 3 aromatic carbocycles. The van der Waals surface area contributed by atoms with Crippen molar-refractivity contribution in [2.75, 3.05) is 7.11 Å². The summed E-state index contributed by atoms with van der Waals surface area (Å²) in [5.41, 5.74) is 2.15. The second-order valence-corrected chi connectivity index (χ2v) is 11.2. The third-order valence-electron chi connectivity index (χ3n) is 5.88. The van der Waals surface area contributed by atoms with Gasteiger partial charge in [0.2, 0.25) is 0 Å². The van der Waals surface area contributed by atoms with Gasteiger partial charge in [-0.3, -0.25) is 4.79 Å². The summed E-state index contributed by atoms with van der Waals surface area (Å²) in [6.07, 6.45) is -0.613. The third-order valence-corrected chi connectivity index (χ3v) is 6.38. The van der Waals surface area contributed by atoms with Gasteiger partial charge in [-0.25, -0.2) is 4.79 Å². The third kappa shape index (κ3) is 7.89. The summed E-state index contributed by atoms with van der Waals surface area (Å²) >= 11 is 12.3. The number of hydrogen-bond donors (Lipinski definition) is 2. The van der Waals surface area contributed by atoms with E-state index >= 15 is 0 Å². The van der Waals surface area contributed by atoms with Crippen LogP contribution in [0, 0.1) is 0 Å². The molecule has 0 aliphatic heterocycles. The molecule has 3 rings (SSSR count). The molecule has 0 fully saturated rings. The van der Waals surface area contributed by atoms with Crippen molar-refractivity contribution in [2.24, 2.45) is 0 Å². The molecule has 2 N–H and O–H groups in total. The van der Waals surface area contributed by atoms with Gasteiger partial charge in [0.1, 0.15) is 11.4 Å². The zero-order valence-corrected chi connectivity index (χ0v) is 24.0. The van der Waals surface area contributed by atoms with E-state index in [-0.39, 0.29) is 11.8 Å². The molecule has 0 radical (unpaired) electrons. The fourth-order valence-electron chi connectivity index (χ4n) is 4.06. The first-order valence-electron chi connectivity index (χ1n) is 12.4. The van der Waals surface area contributed by atoms with Gasteiger partial charge >= 0.3 is 6.09 Å². The normalized spacial score (nSPS) is 13.0. The maximum absolute atomic E-state index is 13.8. The molecule has 2 atom stereocenters. The topological polar surface area (TPSA) is 76.7 Å². The first-order valence-corrected chi connectivity index (χ1v) is 13.1. The Balaban J connectivity index is 2.09. The predicted molar refractivity (Wildman–Crippen MR) is 152 cm³/mol. The van der Waals surface area contributed by atoms with Crippen molar-refractivity contribution < 1.29 is 19.1 Å². The van der Waals surface area contributed by atoms with E-state index in [1.165, 1.54) is 0 Å². The Kier molecular flexibility index (Phi) is 9.69. The summed E-state index contributed by atoms with van der Waals surface area (Å²) in [6, 6.07) is 18.3. The Labute approximate surface area is 234 Å². The van der Waals surface area contributed by atoms with Crippen LogP contribution in [0.1, 0.15) is 79.7 Å². The van der Waals surface area contributed by atoms with Crippen LogP contribution in [0.15, 0.2) is 66.7 Å². The molecular formula is C30H34Cl2N2O4. The lowest BCUT2D eigenvalue weighted by Crippen LogP contribution is -2.42. The van der Waals surface area contributed by atoms with Crippen molar-refractivity contribution in [1.82, 2.24) is 10.6 Å². The second-order valence-electron chi connectivity index (χ2n) is 10.3. The minimum atomic E-state index is -0.705. The van der Waals surface area contributed by atoms with Crippen LogP contribution >= 0.6 is 23.2 Å². The number of carbonyl (C=O) groups excluding carboxylic acids is 2. The molecule has 0 spiro atoms. The number of carbonyl (C=O) groups is 2. The lowest BCUT2D eigenvalue weighted by Gasteiger charge is -2.31. The molecule has 8 heteroatoms. The molecular weight excluding hydrogens is 523 g/mol. The van der Waals surface area contributed by atoms with Gasteiger partial charge in [-0.1, -0.05) is 61.3 Å². The van der Waals surface area contributed by atoms with Gasteiger partial charge in [0, 0.05) is 15.6 Å². The Hall–Kier alpha value is -3.22. The molecule has 0 heterocycles. The van der Waals surface area contributed by atoms with E-state index in [1.54, 1.807) is 64.3 Å². The van der Waals surface area contributed by atoms with Gasteiger partial charge in [-0.05, 0) is 85.8 Å². The molecule has 0 aliphatic rings. The Bertz CT molecular complexity index is 1250. The minimum Gasteiger partial charge on any atom is -0.497 e. The van der Waals surface area contributed by atoms with Gasteiger partial charge in [0.15, 0.2) is 0 Å². The molecule has 0 saturated carbocycles. The smallest absolute Gasteiger partial charge is 0.408 e. The number of methoxy groups -OCH3 is 1. The highest BCUT2D eigenvalue weighted by molar-refractivity contribution is 6.30. The van der Waals surface area contributed by atoms with E-state index in [0.717, 1.165) is 16.7 Å².